The molecule has 1 fully saturated rings. The summed E-state index contributed by atoms with van der Waals surface area (Å²) in [6.45, 7) is 3.81. The Morgan fingerprint density at radius 3 is 2.65 bits per heavy atom. The molecule has 8 heteroatoms. The highest BCUT2D eigenvalue weighted by atomic mass is 32.2. The van der Waals surface area contributed by atoms with Gasteiger partial charge >= 0.3 is 0 Å². The Balaban J connectivity index is 1.74. The van der Waals surface area contributed by atoms with Gasteiger partial charge in [0.05, 0.1) is 17.1 Å². The lowest BCUT2D eigenvalue weighted by Gasteiger charge is -2.26. The molecule has 2 aromatic rings. The van der Waals surface area contributed by atoms with Crippen LogP contribution >= 0.6 is 0 Å². The Kier molecular flexibility index (Phi) is 5.15. The van der Waals surface area contributed by atoms with E-state index in [-0.39, 0.29) is 22.9 Å². The predicted molar refractivity (Wildman–Crippen MR) is 98.2 cm³/mol. The molecule has 1 atom stereocenters. The van der Waals surface area contributed by atoms with Crippen molar-refractivity contribution in [2.24, 2.45) is 7.05 Å². The number of sulfonamides is 1. The van der Waals surface area contributed by atoms with Crippen LogP contribution in [0.15, 0.2) is 35.4 Å². The van der Waals surface area contributed by atoms with E-state index >= 15 is 0 Å². The standard InChI is InChI=1S/C18H24N4O3S/c1-12(17-11-19-22(3)13(17)2)20-18(23)14-6-4-9-16(10-14)26(24,25)21-15-7-5-8-15/h4,6,9-12,15,21H,5,7-8H2,1-3H3,(H,20,23). The van der Waals surface area contributed by atoms with E-state index in [1.807, 2.05) is 20.9 Å². The monoisotopic (exact) mass is 376 g/mol. The number of amides is 1. The molecule has 0 bridgehead atoms. The Hall–Kier alpha value is -2.19. The second kappa shape index (κ2) is 7.20. The summed E-state index contributed by atoms with van der Waals surface area (Å²) in [5.41, 5.74) is 2.21. The van der Waals surface area contributed by atoms with Crippen LogP contribution in [0.3, 0.4) is 0 Å². The molecule has 7 nitrogen and oxygen atoms in total. The van der Waals surface area contributed by atoms with Gasteiger partial charge in [-0.15, -0.1) is 0 Å². The van der Waals surface area contributed by atoms with E-state index in [0.717, 1.165) is 30.5 Å². The number of aromatic nitrogens is 2. The Morgan fingerprint density at radius 2 is 2.08 bits per heavy atom. The third kappa shape index (κ3) is 3.81. The Bertz CT molecular complexity index is 916. The molecule has 2 N–H and O–H groups in total. The van der Waals surface area contributed by atoms with Gasteiger partial charge in [0.25, 0.3) is 5.91 Å². The Labute approximate surface area is 153 Å². The van der Waals surface area contributed by atoms with Gasteiger partial charge in [0.1, 0.15) is 0 Å². The molecule has 1 unspecified atom stereocenters. The molecule has 1 aromatic heterocycles. The summed E-state index contributed by atoms with van der Waals surface area (Å²) in [5, 5.41) is 7.08. The SMILES string of the molecule is Cc1c(C(C)NC(=O)c2cccc(S(=O)(=O)NC3CCC3)c2)cnn1C. The van der Waals surface area contributed by atoms with E-state index < -0.39 is 10.0 Å². The van der Waals surface area contributed by atoms with Crippen LogP contribution < -0.4 is 10.0 Å². The molecule has 1 heterocycles. The first-order chi connectivity index (χ1) is 12.3. The largest absolute Gasteiger partial charge is 0.345 e. The van der Waals surface area contributed by atoms with Crippen molar-refractivity contribution in [2.45, 2.75) is 50.1 Å². The first kappa shape index (κ1) is 18.6. The van der Waals surface area contributed by atoms with Crippen molar-refractivity contribution in [3.05, 3.63) is 47.3 Å². The lowest BCUT2D eigenvalue weighted by molar-refractivity contribution is 0.0939. The summed E-state index contributed by atoms with van der Waals surface area (Å²) in [6, 6.07) is 5.90. The molecule has 0 aliphatic heterocycles. The minimum atomic E-state index is -3.60. The van der Waals surface area contributed by atoms with Crippen LogP contribution in [0, 0.1) is 6.92 Å². The van der Waals surface area contributed by atoms with Gasteiger partial charge in [-0.3, -0.25) is 9.48 Å². The van der Waals surface area contributed by atoms with E-state index in [1.54, 1.807) is 23.0 Å². The van der Waals surface area contributed by atoms with Crippen molar-refractivity contribution in [2.75, 3.05) is 0 Å². The normalized spacial score (nSPS) is 16.1. The van der Waals surface area contributed by atoms with Crippen LogP contribution in [0.1, 0.15) is 53.8 Å². The fourth-order valence-corrected chi connectivity index (χ4v) is 4.27. The summed E-state index contributed by atoms with van der Waals surface area (Å²) in [4.78, 5) is 12.7. The molecular formula is C18H24N4O3S. The number of nitrogens with zero attached hydrogens (tertiary/aromatic N) is 2. The maximum Gasteiger partial charge on any atom is 0.251 e. The van der Waals surface area contributed by atoms with Crippen molar-refractivity contribution in [3.8, 4) is 0 Å². The summed E-state index contributed by atoms with van der Waals surface area (Å²) in [7, 11) is -1.76. The first-order valence-electron chi connectivity index (χ1n) is 8.69. The predicted octanol–water partition coefficient (Wildman–Crippen LogP) is 2.05. The van der Waals surface area contributed by atoms with E-state index in [2.05, 4.69) is 15.1 Å². The van der Waals surface area contributed by atoms with Crippen molar-refractivity contribution >= 4 is 15.9 Å². The fourth-order valence-electron chi connectivity index (χ4n) is 2.92. The lowest BCUT2D eigenvalue weighted by Crippen LogP contribution is -2.39. The van der Waals surface area contributed by atoms with Crippen molar-refractivity contribution in [3.63, 3.8) is 0 Å². The number of aryl methyl sites for hydroxylation is 1. The average Bonchev–Trinajstić information content (AvgIpc) is 2.91. The number of carbonyl (C=O) groups excluding carboxylic acids is 1. The third-order valence-corrected chi connectivity index (χ3v) is 6.44. The first-order valence-corrected chi connectivity index (χ1v) is 10.2. The van der Waals surface area contributed by atoms with Crippen molar-refractivity contribution in [1.82, 2.24) is 19.8 Å². The average molecular weight is 376 g/mol. The summed E-state index contributed by atoms with van der Waals surface area (Å²) in [6.07, 6.45) is 4.49. The molecule has 0 spiro atoms. The number of hydrogen-bond donors (Lipinski definition) is 2. The number of nitrogens with one attached hydrogen (secondary N) is 2. The van der Waals surface area contributed by atoms with Crippen LogP contribution in [0.2, 0.25) is 0 Å². The van der Waals surface area contributed by atoms with Crippen molar-refractivity contribution < 1.29 is 13.2 Å². The molecule has 0 saturated heterocycles. The van der Waals surface area contributed by atoms with E-state index in [4.69, 9.17) is 0 Å². The van der Waals surface area contributed by atoms with Gasteiger partial charge in [-0.2, -0.15) is 5.10 Å². The molecule has 3 rings (SSSR count). The summed E-state index contributed by atoms with van der Waals surface area (Å²) < 4.78 is 29.3. The van der Waals surface area contributed by atoms with Crippen LogP contribution in [-0.4, -0.2) is 30.1 Å². The summed E-state index contributed by atoms with van der Waals surface area (Å²) in [5.74, 6) is -0.318. The number of benzene rings is 1. The molecular weight excluding hydrogens is 352 g/mol. The van der Waals surface area contributed by atoms with Gasteiger partial charge in [0.15, 0.2) is 0 Å². The quantitative estimate of drug-likeness (QED) is 0.807. The topological polar surface area (TPSA) is 93.1 Å². The molecule has 1 saturated carbocycles. The zero-order valence-corrected chi connectivity index (χ0v) is 16.0. The van der Waals surface area contributed by atoms with E-state index in [1.165, 1.54) is 12.1 Å². The molecule has 1 aromatic carbocycles. The smallest absolute Gasteiger partial charge is 0.251 e. The van der Waals surface area contributed by atoms with Crippen LogP contribution in [0.25, 0.3) is 0 Å². The van der Waals surface area contributed by atoms with Crippen molar-refractivity contribution in [1.29, 1.82) is 0 Å². The number of hydrogen-bond acceptors (Lipinski definition) is 4. The van der Waals surface area contributed by atoms with Gasteiger partial charge in [-0.1, -0.05) is 12.5 Å². The highest BCUT2D eigenvalue weighted by molar-refractivity contribution is 7.89. The minimum Gasteiger partial charge on any atom is -0.345 e. The van der Waals surface area contributed by atoms with Crippen LogP contribution in [0.5, 0.6) is 0 Å². The van der Waals surface area contributed by atoms with E-state index in [0.29, 0.717) is 5.56 Å². The van der Waals surface area contributed by atoms with Gasteiger partial charge < -0.3 is 5.32 Å². The molecule has 0 radical (unpaired) electrons. The van der Waals surface area contributed by atoms with Gasteiger partial charge in [-0.25, -0.2) is 13.1 Å². The van der Waals surface area contributed by atoms with Gasteiger partial charge in [0.2, 0.25) is 10.0 Å². The fraction of sp³-hybridized carbons (Fsp3) is 0.444. The highest BCUT2D eigenvalue weighted by Gasteiger charge is 2.25. The maximum atomic E-state index is 12.6. The van der Waals surface area contributed by atoms with Crippen LogP contribution in [-0.2, 0) is 17.1 Å². The van der Waals surface area contributed by atoms with Gasteiger partial charge in [-0.05, 0) is 44.9 Å². The summed E-state index contributed by atoms with van der Waals surface area (Å²) >= 11 is 0. The second-order valence-corrected chi connectivity index (χ2v) is 8.50. The highest BCUT2D eigenvalue weighted by Crippen LogP contribution is 2.22. The molecule has 26 heavy (non-hydrogen) atoms. The van der Waals surface area contributed by atoms with E-state index in [9.17, 15) is 13.2 Å². The second-order valence-electron chi connectivity index (χ2n) is 6.78. The number of rotatable bonds is 6. The van der Waals surface area contributed by atoms with Crippen LogP contribution in [0.4, 0.5) is 0 Å². The lowest BCUT2D eigenvalue weighted by atomic mass is 9.94. The maximum absolute atomic E-state index is 12.6. The number of carbonyl (C=O) groups is 1. The zero-order chi connectivity index (χ0) is 18.9. The van der Waals surface area contributed by atoms with Gasteiger partial charge in [0, 0.05) is 29.9 Å². The third-order valence-electron chi connectivity index (χ3n) is 4.92. The molecule has 1 amide bonds. The molecule has 1 aliphatic carbocycles. The Morgan fingerprint density at radius 1 is 1.35 bits per heavy atom. The molecule has 1 aliphatic rings. The molecule has 140 valence electrons. The minimum absolute atomic E-state index is 0.00561. The zero-order valence-electron chi connectivity index (χ0n) is 15.2.